The third-order valence-electron chi connectivity index (χ3n) is 5.79. The Bertz CT molecular complexity index is 693. The quantitative estimate of drug-likeness (QED) is 0.790. The van der Waals surface area contributed by atoms with Crippen molar-refractivity contribution in [2.75, 3.05) is 63.8 Å². The average molecular weight is 374 g/mol. The first-order chi connectivity index (χ1) is 13.1. The summed E-state index contributed by atoms with van der Waals surface area (Å²) in [6, 6.07) is 6.79. The van der Waals surface area contributed by atoms with E-state index in [-0.39, 0.29) is 17.6 Å². The van der Waals surface area contributed by atoms with Crippen LogP contribution in [0.15, 0.2) is 24.3 Å². The molecule has 0 spiro atoms. The number of hydrogen-bond acceptors (Lipinski definition) is 4. The van der Waals surface area contributed by atoms with Crippen LogP contribution in [0.3, 0.4) is 0 Å². The van der Waals surface area contributed by atoms with Crippen molar-refractivity contribution < 1.29 is 14.0 Å². The molecule has 2 saturated heterocycles. The lowest BCUT2D eigenvalue weighted by atomic mass is 10.2. The molecule has 1 aliphatic carbocycles. The second kappa shape index (κ2) is 7.84. The fraction of sp³-hybridized carbons (Fsp3) is 0.600. The summed E-state index contributed by atoms with van der Waals surface area (Å²) in [5.41, 5.74) is 0.612. The lowest BCUT2D eigenvalue weighted by molar-refractivity contribution is -0.136. The van der Waals surface area contributed by atoms with Gasteiger partial charge in [0.15, 0.2) is 0 Å². The lowest BCUT2D eigenvalue weighted by Gasteiger charge is -2.38. The van der Waals surface area contributed by atoms with Crippen molar-refractivity contribution >= 4 is 17.5 Å². The van der Waals surface area contributed by atoms with E-state index >= 15 is 0 Å². The summed E-state index contributed by atoms with van der Waals surface area (Å²) in [6.07, 6.45) is 2.08. The zero-order valence-corrected chi connectivity index (χ0v) is 15.6. The van der Waals surface area contributed by atoms with Crippen molar-refractivity contribution in [1.82, 2.24) is 14.7 Å². The number of carbonyl (C=O) groups is 2. The minimum atomic E-state index is -0.212. The van der Waals surface area contributed by atoms with Crippen LogP contribution in [0.5, 0.6) is 0 Å². The molecule has 0 bridgehead atoms. The molecule has 0 N–H and O–H groups in total. The molecule has 2 amide bonds. The highest BCUT2D eigenvalue weighted by molar-refractivity contribution is 5.81. The highest BCUT2D eigenvalue weighted by atomic mass is 19.1. The van der Waals surface area contributed by atoms with Gasteiger partial charge in [-0.15, -0.1) is 0 Å². The van der Waals surface area contributed by atoms with Crippen molar-refractivity contribution in [3.8, 4) is 0 Å². The normalized spacial score (nSPS) is 21.4. The van der Waals surface area contributed by atoms with Crippen LogP contribution in [-0.4, -0.2) is 85.4 Å². The monoisotopic (exact) mass is 374 g/mol. The smallest absolute Gasteiger partial charge is 0.236 e. The topological polar surface area (TPSA) is 47.1 Å². The minimum absolute atomic E-state index is 0.130. The number of piperazine rings is 2. The van der Waals surface area contributed by atoms with Crippen molar-refractivity contribution in [3.63, 3.8) is 0 Å². The Hall–Kier alpha value is -2.15. The van der Waals surface area contributed by atoms with E-state index in [9.17, 15) is 14.0 Å². The molecule has 6 nitrogen and oxygen atoms in total. The second-order valence-corrected chi connectivity index (χ2v) is 7.69. The molecule has 2 heterocycles. The van der Waals surface area contributed by atoms with Gasteiger partial charge in [0.05, 0.1) is 12.2 Å². The van der Waals surface area contributed by atoms with E-state index in [4.69, 9.17) is 0 Å². The average Bonchev–Trinajstić information content (AvgIpc) is 3.54. The Balaban J connectivity index is 1.22. The maximum Gasteiger partial charge on any atom is 0.236 e. The molecule has 1 aromatic rings. The van der Waals surface area contributed by atoms with Gasteiger partial charge >= 0.3 is 0 Å². The van der Waals surface area contributed by atoms with Gasteiger partial charge in [0.2, 0.25) is 11.8 Å². The molecule has 2 aliphatic heterocycles. The van der Waals surface area contributed by atoms with Crippen molar-refractivity contribution in [2.24, 2.45) is 5.92 Å². The molecule has 3 fully saturated rings. The third kappa shape index (κ3) is 4.24. The molecule has 0 radical (unpaired) electrons. The first kappa shape index (κ1) is 18.2. The molecule has 146 valence electrons. The molecule has 27 heavy (non-hydrogen) atoms. The Morgan fingerprint density at radius 1 is 0.889 bits per heavy atom. The lowest BCUT2D eigenvalue weighted by Crippen LogP contribution is -2.54. The summed E-state index contributed by atoms with van der Waals surface area (Å²) in [4.78, 5) is 32.7. The molecule has 0 unspecified atom stereocenters. The maximum absolute atomic E-state index is 13.9. The maximum atomic E-state index is 13.9. The van der Waals surface area contributed by atoms with E-state index in [0.29, 0.717) is 44.3 Å². The predicted octanol–water partition coefficient (Wildman–Crippen LogP) is 1.03. The second-order valence-electron chi connectivity index (χ2n) is 7.69. The zero-order chi connectivity index (χ0) is 18.8. The van der Waals surface area contributed by atoms with Crippen LogP contribution >= 0.6 is 0 Å². The largest absolute Gasteiger partial charge is 0.366 e. The Morgan fingerprint density at radius 3 is 2.15 bits per heavy atom. The highest BCUT2D eigenvalue weighted by Crippen LogP contribution is 2.31. The predicted molar refractivity (Wildman–Crippen MR) is 101 cm³/mol. The van der Waals surface area contributed by atoms with Gasteiger partial charge in [-0.25, -0.2) is 4.39 Å². The van der Waals surface area contributed by atoms with E-state index in [2.05, 4.69) is 4.90 Å². The fourth-order valence-electron chi connectivity index (χ4n) is 3.91. The van der Waals surface area contributed by atoms with Crippen LogP contribution in [0.1, 0.15) is 12.8 Å². The van der Waals surface area contributed by atoms with Gasteiger partial charge in [0.25, 0.3) is 0 Å². The highest BCUT2D eigenvalue weighted by Gasteiger charge is 2.35. The zero-order valence-electron chi connectivity index (χ0n) is 15.6. The number of carbonyl (C=O) groups excluding carboxylic acids is 2. The molecule has 0 aromatic heterocycles. The number of rotatable bonds is 4. The van der Waals surface area contributed by atoms with E-state index in [1.54, 1.807) is 12.1 Å². The number of hydrogen-bond donors (Lipinski definition) is 0. The van der Waals surface area contributed by atoms with E-state index in [1.165, 1.54) is 6.07 Å². The number of para-hydroxylation sites is 1. The molecule has 3 aliphatic rings. The summed E-state index contributed by atoms with van der Waals surface area (Å²) in [5, 5.41) is 0. The fourth-order valence-corrected chi connectivity index (χ4v) is 3.91. The Kier molecular flexibility index (Phi) is 5.29. The Labute approximate surface area is 159 Å². The SMILES string of the molecule is O=C(CN1CCN(C(=O)C2CC2)CC1)N1CCN(c2ccccc2F)CC1. The van der Waals surface area contributed by atoms with Crippen LogP contribution in [-0.2, 0) is 9.59 Å². The van der Waals surface area contributed by atoms with Gasteiger partial charge in [-0.2, -0.15) is 0 Å². The molecule has 7 heteroatoms. The first-order valence-electron chi connectivity index (χ1n) is 9.90. The molecule has 1 saturated carbocycles. The van der Waals surface area contributed by atoms with Crippen LogP contribution in [0.4, 0.5) is 10.1 Å². The summed E-state index contributed by atoms with van der Waals surface area (Å²) in [6.45, 7) is 5.92. The van der Waals surface area contributed by atoms with Crippen molar-refractivity contribution in [3.05, 3.63) is 30.1 Å². The van der Waals surface area contributed by atoms with Gasteiger partial charge in [-0.3, -0.25) is 14.5 Å². The van der Waals surface area contributed by atoms with Crippen LogP contribution < -0.4 is 4.90 Å². The molecule has 0 atom stereocenters. The van der Waals surface area contributed by atoms with Gasteiger partial charge in [0.1, 0.15) is 5.82 Å². The van der Waals surface area contributed by atoms with Gasteiger partial charge in [-0.05, 0) is 25.0 Å². The van der Waals surface area contributed by atoms with Crippen molar-refractivity contribution in [1.29, 1.82) is 0 Å². The number of halogens is 1. The summed E-state index contributed by atoms with van der Waals surface area (Å²) in [7, 11) is 0. The number of nitrogens with zero attached hydrogens (tertiary/aromatic N) is 4. The molecular formula is C20H27FN4O2. The standard InChI is InChI=1S/C20H27FN4O2/c21-17-3-1-2-4-18(17)23-11-13-24(14-12-23)19(26)15-22-7-9-25(10-8-22)20(27)16-5-6-16/h1-4,16H,5-15H2. The molecule has 1 aromatic carbocycles. The number of benzene rings is 1. The summed E-state index contributed by atoms with van der Waals surface area (Å²) >= 11 is 0. The first-order valence-corrected chi connectivity index (χ1v) is 9.90. The van der Waals surface area contributed by atoms with Gasteiger partial charge < -0.3 is 14.7 Å². The third-order valence-corrected chi connectivity index (χ3v) is 5.79. The summed E-state index contributed by atoms with van der Waals surface area (Å²) < 4.78 is 13.9. The van der Waals surface area contributed by atoms with Crippen LogP contribution in [0.2, 0.25) is 0 Å². The Morgan fingerprint density at radius 2 is 1.52 bits per heavy atom. The number of amides is 2. The van der Waals surface area contributed by atoms with Crippen LogP contribution in [0, 0.1) is 11.7 Å². The molecule has 4 rings (SSSR count). The van der Waals surface area contributed by atoms with E-state index in [1.807, 2.05) is 20.8 Å². The van der Waals surface area contributed by atoms with E-state index < -0.39 is 0 Å². The minimum Gasteiger partial charge on any atom is -0.366 e. The molecular weight excluding hydrogens is 347 g/mol. The number of anilines is 1. The summed E-state index contributed by atoms with van der Waals surface area (Å²) in [5.74, 6) is 0.482. The van der Waals surface area contributed by atoms with Crippen molar-refractivity contribution in [2.45, 2.75) is 12.8 Å². The van der Waals surface area contributed by atoms with E-state index in [0.717, 1.165) is 39.0 Å². The van der Waals surface area contributed by atoms with Crippen LogP contribution in [0.25, 0.3) is 0 Å². The van der Waals surface area contributed by atoms with Gasteiger partial charge in [-0.1, -0.05) is 12.1 Å². The van der Waals surface area contributed by atoms with Gasteiger partial charge in [0, 0.05) is 58.3 Å².